The smallest absolute Gasteiger partial charge is 0.223 e. The van der Waals surface area contributed by atoms with E-state index >= 15 is 0 Å². The molecule has 1 saturated heterocycles. The monoisotopic (exact) mass is 197 g/mol. The first-order valence-electron chi connectivity index (χ1n) is 5.85. The van der Waals surface area contributed by atoms with Crippen LogP contribution < -0.4 is 5.32 Å². The van der Waals surface area contributed by atoms with E-state index in [0.29, 0.717) is 17.9 Å². The Morgan fingerprint density at radius 2 is 2.07 bits per heavy atom. The Morgan fingerprint density at radius 3 is 2.57 bits per heavy atom. The lowest BCUT2D eigenvalue weighted by atomic mass is 9.90. The van der Waals surface area contributed by atoms with Crippen LogP contribution in [0.5, 0.6) is 0 Å². The Labute approximate surface area is 87.5 Å². The summed E-state index contributed by atoms with van der Waals surface area (Å²) in [7, 11) is 0. The van der Waals surface area contributed by atoms with Crippen LogP contribution in [0.4, 0.5) is 0 Å². The minimum Gasteiger partial charge on any atom is -0.353 e. The zero-order chi connectivity index (χ0) is 10.7. The van der Waals surface area contributed by atoms with Crippen LogP contribution in [0.15, 0.2) is 0 Å². The fraction of sp³-hybridized carbons (Fsp3) is 0.917. The molecule has 3 unspecified atom stereocenters. The van der Waals surface area contributed by atoms with Crippen LogP contribution in [-0.2, 0) is 4.79 Å². The van der Waals surface area contributed by atoms with Gasteiger partial charge in [-0.1, -0.05) is 34.1 Å². The van der Waals surface area contributed by atoms with Gasteiger partial charge in [0.2, 0.25) is 5.91 Å². The van der Waals surface area contributed by atoms with E-state index in [1.807, 2.05) is 0 Å². The summed E-state index contributed by atoms with van der Waals surface area (Å²) >= 11 is 0. The van der Waals surface area contributed by atoms with Gasteiger partial charge in [-0.05, 0) is 24.7 Å². The molecule has 1 fully saturated rings. The van der Waals surface area contributed by atoms with Gasteiger partial charge in [0.1, 0.15) is 0 Å². The summed E-state index contributed by atoms with van der Waals surface area (Å²) in [4.78, 5) is 11.6. The van der Waals surface area contributed by atoms with E-state index < -0.39 is 0 Å². The summed E-state index contributed by atoms with van der Waals surface area (Å²) in [5.41, 5.74) is 0. The fourth-order valence-corrected chi connectivity index (χ4v) is 2.20. The Balaban J connectivity index is 2.47. The highest BCUT2D eigenvalue weighted by atomic mass is 16.2. The summed E-state index contributed by atoms with van der Waals surface area (Å²) in [6.45, 7) is 8.78. The maximum Gasteiger partial charge on any atom is 0.223 e. The molecule has 2 heteroatoms. The Hall–Kier alpha value is -0.530. The lowest BCUT2D eigenvalue weighted by Crippen LogP contribution is -2.31. The molecule has 0 saturated carbocycles. The van der Waals surface area contributed by atoms with Crippen molar-refractivity contribution in [3.8, 4) is 0 Å². The molecule has 82 valence electrons. The number of hydrogen-bond acceptors (Lipinski definition) is 1. The van der Waals surface area contributed by atoms with E-state index in [2.05, 4.69) is 33.0 Å². The van der Waals surface area contributed by atoms with E-state index in [1.54, 1.807) is 0 Å². The minimum absolute atomic E-state index is 0.272. The first kappa shape index (κ1) is 11.5. The molecule has 2 nitrogen and oxygen atoms in total. The second-order valence-corrected chi connectivity index (χ2v) is 5.06. The van der Waals surface area contributed by atoms with Gasteiger partial charge < -0.3 is 5.32 Å². The van der Waals surface area contributed by atoms with Gasteiger partial charge in [0.25, 0.3) is 0 Å². The van der Waals surface area contributed by atoms with E-state index in [1.165, 1.54) is 0 Å². The molecular formula is C12H23NO. The molecule has 1 aliphatic rings. The van der Waals surface area contributed by atoms with Crippen molar-refractivity contribution in [2.24, 2.45) is 17.8 Å². The van der Waals surface area contributed by atoms with Gasteiger partial charge >= 0.3 is 0 Å². The summed E-state index contributed by atoms with van der Waals surface area (Å²) in [5.74, 6) is 1.80. The van der Waals surface area contributed by atoms with Gasteiger partial charge in [0.05, 0.1) is 0 Å². The molecule has 1 rings (SSSR count). The van der Waals surface area contributed by atoms with Crippen LogP contribution in [0.2, 0.25) is 0 Å². The largest absolute Gasteiger partial charge is 0.353 e. The van der Waals surface area contributed by atoms with Gasteiger partial charge in [0.15, 0.2) is 0 Å². The minimum atomic E-state index is 0.272. The van der Waals surface area contributed by atoms with Gasteiger partial charge in [-0.3, -0.25) is 4.79 Å². The zero-order valence-electron chi connectivity index (χ0n) is 9.84. The van der Waals surface area contributed by atoms with E-state index in [-0.39, 0.29) is 11.8 Å². The van der Waals surface area contributed by atoms with Gasteiger partial charge in [-0.15, -0.1) is 0 Å². The predicted molar refractivity (Wildman–Crippen MR) is 58.9 cm³/mol. The van der Waals surface area contributed by atoms with Crippen molar-refractivity contribution in [3.05, 3.63) is 0 Å². The molecule has 1 N–H and O–H groups in total. The molecule has 0 aromatic heterocycles. The van der Waals surface area contributed by atoms with Crippen molar-refractivity contribution in [1.29, 1.82) is 0 Å². The number of amides is 1. The van der Waals surface area contributed by atoms with E-state index in [9.17, 15) is 4.79 Å². The van der Waals surface area contributed by atoms with Crippen LogP contribution in [0, 0.1) is 17.8 Å². The van der Waals surface area contributed by atoms with Crippen molar-refractivity contribution >= 4 is 5.91 Å². The fourth-order valence-electron chi connectivity index (χ4n) is 2.20. The number of carbonyl (C=O) groups is 1. The van der Waals surface area contributed by atoms with Gasteiger partial charge in [0, 0.05) is 12.0 Å². The Morgan fingerprint density at radius 1 is 1.43 bits per heavy atom. The summed E-state index contributed by atoms with van der Waals surface area (Å²) in [6.07, 6.45) is 3.24. The van der Waals surface area contributed by atoms with Crippen molar-refractivity contribution in [2.75, 3.05) is 0 Å². The molecule has 0 bridgehead atoms. The highest BCUT2D eigenvalue weighted by Gasteiger charge is 2.34. The molecule has 0 spiro atoms. The maximum absolute atomic E-state index is 11.6. The third-order valence-electron chi connectivity index (χ3n) is 3.32. The number of nitrogens with one attached hydrogen (secondary N) is 1. The molecule has 0 aliphatic carbocycles. The first-order valence-corrected chi connectivity index (χ1v) is 5.85. The average molecular weight is 197 g/mol. The van der Waals surface area contributed by atoms with Crippen molar-refractivity contribution in [2.45, 2.75) is 53.0 Å². The van der Waals surface area contributed by atoms with Crippen molar-refractivity contribution < 1.29 is 4.79 Å². The Bertz CT molecular complexity index is 200. The lowest BCUT2D eigenvalue weighted by Gasteiger charge is -2.17. The molecule has 14 heavy (non-hydrogen) atoms. The SMILES string of the molecule is CCC(C)C1CC(CC(C)C)C(=O)N1. The van der Waals surface area contributed by atoms with Crippen LogP contribution in [0.25, 0.3) is 0 Å². The third kappa shape index (κ3) is 2.73. The summed E-state index contributed by atoms with van der Waals surface area (Å²) in [6, 6.07) is 0.427. The van der Waals surface area contributed by atoms with Gasteiger partial charge in [-0.25, -0.2) is 0 Å². The van der Waals surface area contributed by atoms with Gasteiger partial charge in [-0.2, -0.15) is 0 Å². The molecular weight excluding hydrogens is 174 g/mol. The zero-order valence-corrected chi connectivity index (χ0v) is 9.84. The molecule has 0 aromatic carbocycles. The third-order valence-corrected chi connectivity index (χ3v) is 3.32. The molecule has 0 radical (unpaired) electrons. The number of carbonyl (C=O) groups excluding carboxylic acids is 1. The van der Waals surface area contributed by atoms with Crippen LogP contribution >= 0.6 is 0 Å². The molecule has 1 heterocycles. The normalized spacial score (nSPS) is 29.4. The average Bonchev–Trinajstić information content (AvgIpc) is 2.46. The lowest BCUT2D eigenvalue weighted by molar-refractivity contribution is -0.123. The standard InChI is InChI=1S/C12H23NO/c1-5-9(4)11-7-10(6-8(2)3)12(14)13-11/h8-11H,5-7H2,1-4H3,(H,13,14). The molecule has 1 amide bonds. The van der Waals surface area contributed by atoms with Crippen LogP contribution in [-0.4, -0.2) is 11.9 Å². The molecule has 3 atom stereocenters. The van der Waals surface area contributed by atoms with Crippen LogP contribution in [0.3, 0.4) is 0 Å². The first-order chi connectivity index (χ1) is 6.54. The molecule has 1 aliphatic heterocycles. The van der Waals surface area contributed by atoms with E-state index in [0.717, 1.165) is 19.3 Å². The topological polar surface area (TPSA) is 29.1 Å². The van der Waals surface area contributed by atoms with Crippen molar-refractivity contribution in [3.63, 3.8) is 0 Å². The molecule has 0 aromatic rings. The second-order valence-electron chi connectivity index (χ2n) is 5.06. The van der Waals surface area contributed by atoms with Crippen LogP contribution in [0.1, 0.15) is 47.0 Å². The predicted octanol–water partition coefficient (Wildman–Crippen LogP) is 2.58. The maximum atomic E-state index is 11.6. The summed E-state index contributed by atoms with van der Waals surface area (Å²) < 4.78 is 0. The quantitative estimate of drug-likeness (QED) is 0.737. The second kappa shape index (κ2) is 4.81. The number of hydrogen-bond donors (Lipinski definition) is 1. The number of rotatable bonds is 4. The highest BCUT2D eigenvalue weighted by Crippen LogP contribution is 2.27. The van der Waals surface area contributed by atoms with E-state index in [4.69, 9.17) is 0 Å². The highest BCUT2D eigenvalue weighted by molar-refractivity contribution is 5.81. The summed E-state index contributed by atoms with van der Waals surface area (Å²) in [5, 5.41) is 3.12. The Kier molecular flexibility index (Phi) is 3.97. The van der Waals surface area contributed by atoms with Crippen molar-refractivity contribution in [1.82, 2.24) is 5.32 Å².